The van der Waals surface area contributed by atoms with E-state index in [0.29, 0.717) is 32.1 Å². The van der Waals surface area contributed by atoms with E-state index in [9.17, 15) is 4.79 Å². The maximum Gasteiger partial charge on any atom is 0.255 e. The number of halogens is 3. The Bertz CT molecular complexity index is 1150. The molecule has 0 aliphatic carbocycles. The summed E-state index contributed by atoms with van der Waals surface area (Å²) in [7, 11) is 0. The van der Waals surface area contributed by atoms with Gasteiger partial charge < -0.3 is 10.3 Å². The predicted molar refractivity (Wildman–Crippen MR) is 111 cm³/mol. The van der Waals surface area contributed by atoms with Crippen LogP contribution in [0.4, 0.5) is 5.69 Å². The van der Waals surface area contributed by atoms with Crippen molar-refractivity contribution >= 4 is 57.4 Å². The number of imidazole rings is 1. The smallest absolute Gasteiger partial charge is 0.255 e. The first-order valence-corrected chi connectivity index (χ1v) is 9.15. The van der Waals surface area contributed by atoms with Gasteiger partial charge in [0.15, 0.2) is 0 Å². The molecule has 134 valence electrons. The molecule has 0 aliphatic rings. The van der Waals surface area contributed by atoms with Gasteiger partial charge in [-0.3, -0.25) is 4.79 Å². The number of benzene rings is 3. The van der Waals surface area contributed by atoms with Crippen LogP contribution in [0.2, 0.25) is 15.1 Å². The third-order valence-electron chi connectivity index (χ3n) is 4.04. The van der Waals surface area contributed by atoms with Crippen molar-refractivity contribution in [1.82, 2.24) is 9.97 Å². The van der Waals surface area contributed by atoms with E-state index >= 15 is 0 Å². The van der Waals surface area contributed by atoms with Crippen LogP contribution in [-0.2, 0) is 0 Å². The van der Waals surface area contributed by atoms with Crippen LogP contribution in [0.5, 0.6) is 0 Å². The zero-order valence-corrected chi connectivity index (χ0v) is 16.0. The van der Waals surface area contributed by atoms with Gasteiger partial charge in [0, 0.05) is 21.2 Å². The number of fused-ring (bicyclic) bond motifs is 1. The highest BCUT2D eigenvalue weighted by Gasteiger charge is 2.11. The Morgan fingerprint density at radius 3 is 2.33 bits per heavy atom. The summed E-state index contributed by atoms with van der Waals surface area (Å²) >= 11 is 18.0. The van der Waals surface area contributed by atoms with Crippen molar-refractivity contribution in [3.63, 3.8) is 0 Å². The minimum absolute atomic E-state index is 0.262. The molecule has 4 aromatic rings. The Morgan fingerprint density at radius 2 is 1.59 bits per heavy atom. The van der Waals surface area contributed by atoms with Crippen LogP contribution in [0, 0.1) is 0 Å². The quantitative estimate of drug-likeness (QED) is 0.403. The molecule has 1 aromatic heterocycles. The third kappa shape index (κ3) is 3.78. The second kappa shape index (κ2) is 7.24. The van der Waals surface area contributed by atoms with Crippen LogP contribution in [0.25, 0.3) is 22.4 Å². The van der Waals surface area contributed by atoms with E-state index < -0.39 is 0 Å². The number of nitrogens with one attached hydrogen (secondary N) is 2. The van der Waals surface area contributed by atoms with Crippen LogP contribution in [-0.4, -0.2) is 15.9 Å². The molecule has 0 aliphatic heterocycles. The predicted octanol–water partition coefficient (Wildman–Crippen LogP) is 6.44. The van der Waals surface area contributed by atoms with E-state index in [4.69, 9.17) is 34.8 Å². The number of H-pyrrole nitrogens is 1. The molecule has 4 rings (SSSR count). The van der Waals surface area contributed by atoms with Crippen molar-refractivity contribution in [1.29, 1.82) is 0 Å². The molecular formula is C20H12Cl3N3O. The molecule has 2 N–H and O–H groups in total. The Balaban J connectivity index is 1.56. The topological polar surface area (TPSA) is 57.8 Å². The molecule has 7 heteroatoms. The summed E-state index contributed by atoms with van der Waals surface area (Å²) in [5.41, 5.74) is 3.56. The van der Waals surface area contributed by atoms with Crippen LogP contribution in [0.1, 0.15) is 10.4 Å². The van der Waals surface area contributed by atoms with E-state index in [2.05, 4.69) is 15.3 Å². The minimum Gasteiger partial charge on any atom is -0.338 e. The van der Waals surface area contributed by atoms with Gasteiger partial charge in [0.1, 0.15) is 5.82 Å². The molecule has 1 amide bonds. The number of amides is 1. The Labute approximate surface area is 170 Å². The summed E-state index contributed by atoms with van der Waals surface area (Å²) in [6.07, 6.45) is 0. The Morgan fingerprint density at radius 1 is 0.889 bits per heavy atom. The lowest BCUT2D eigenvalue weighted by Crippen LogP contribution is -2.12. The van der Waals surface area contributed by atoms with Crippen molar-refractivity contribution in [2.24, 2.45) is 0 Å². The lowest BCUT2D eigenvalue weighted by molar-refractivity contribution is 0.102. The van der Waals surface area contributed by atoms with E-state index in [1.807, 2.05) is 24.3 Å². The first-order chi connectivity index (χ1) is 13.0. The van der Waals surface area contributed by atoms with E-state index in [1.54, 1.807) is 36.4 Å². The SMILES string of the molecule is O=C(Nc1ccc(Cl)cc1Cl)c1ccc(-c2nc3ccc(Cl)cc3[nH]2)cc1. The molecule has 4 nitrogen and oxygen atoms in total. The van der Waals surface area contributed by atoms with E-state index in [1.165, 1.54) is 0 Å². The monoisotopic (exact) mass is 415 g/mol. The van der Waals surface area contributed by atoms with Gasteiger partial charge in [-0.15, -0.1) is 0 Å². The summed E-state index contributed by atoms with van der Waals surface area (Å²) < 4.78 is 0. The summed E-state index contributed by atoms with van der Waals surface area (Å²) in [4.78, 5) is 20.2. The largest absolute Gasteiger partial charge is 0.338 e. The molecular weight excluding hydrogens is 405 g/mol. The van der Waals surface area contributed by atoms with Crippen molar-refractivity contribution in [2.75, 3.05) is 5.32 Å². The van der Waals surface area contributed by atoms with Crippen molar-refractivity contribution < 1.29 is 4.79 Å². The fraction of sp³-hybridized carbons (Fsp3) is 0. The maximum atomic E-state index is 12.4. The highest BCUT2D eigenvalue weighted by atomic mass is 35.5. The first kappa shape index (κ1) is 17.9. The molecule has 0 atom stereocenters. The van der Waals surface area contributed by atoms with E-state index in [-0.39, 0.29) is 5.91 Å². The summed E-state index contributed by atoms with van der Waals surface area (Å²) in [5.74, 6) is 0.446. The van der Waals surface area contributed by atoms with Gasteiger partial charge in [0.25, 0.3) is 5.91 Å². The zero-order chi connectivity index (χ0) is 19.0. The highest BCUT2D eigenvalue weighted by Crippen LogP contribution is 2.26. The van der Waals surface area contributed by atoms with E-state index in [0.717, 1.165) is 16.6 Å². The lowest BCUT2D eigenvalue weighted by Gasteiger charge is -2.08. The number of aromatic amines is 1. The second-order valence-corrected chi connectivity index (χ2v) is 7.18. The lowest BCUT2D eigenvalue weighted by atomic mass is 10.1. The van der Waals surface area contributed by atoms with Gasteiger partial charge in [-0.1, -0.05) is 46.9 Å². The summed E-state index contributed by atoms with van der Waals surface area (Å²) in [6.45, 7) is 0. The molecule has 3 aromatic carbocycles. The molecule has 0 bridgehead atoms. The van der Waals surface area contributed by atoms with Crippen LogP contribution < -0.4 is 5.32 Å². The van der Waals surface area contributed by atoms with Gasteiger partial charge in [0.2, 0.25) is 0 Å². The third-order valence-corrected chi connectivity index (χ3v) is 4.83. The number of carbonyl (C=O) groups excluding carboxylic acids is 1. The van der Waals surface area contributed by atoms with Crippen LogP contribution >= 0.6 is 34.8 Å². The van der Waals surface area contributed by atoms with Crippen molar-refractivity contribution in [3.8, 4) is 11.4 Å². The summed E-state index contributed by atoms with van der Waals surface area (Å²) in [5, 5.41) is 4.31. The summed E-state index contributed by atoms with van der Waals surface area (Å²) in [6, 6.07) is 17.5. The van der Waals surface area contributed by atoms with Crippen LogP contribution in [0.15, 0.2) is 60.7 Å². The molecule has 0 saturated heterocycles. The van der Waals surface area contributed by atoms with Gasteiger partial charge in [-0.2, -0.15) is 0 Å². The van der Waals surface area contributed by atoms with Crippen molar-refractivity contribution in [3.05, 3.63) is 81.3 Å². The number of rotatable bonds is 3. The van der Waals surface area contributed by atoms with Crippen molar-refractivity contribution in [2.45, 2.75) is 0 Å². The molecule has 27 heavy (non-hydrogen) atoms. The average Bonchev–Trinajstić information content (AvgIpc) is 3.07. The minimum atomic E-state index is -0.262. The molecule has 0 radical (unpaired) electrons. The Kier molecular flexibility index (Phi) is 4.79. The molecule has 0 unspecified atom stereocenters. The first-order valence-electron chi connectivity index (χ1n) is 8.02. The number of hydrogen-bond donors (Lipinski definition) is 2. The standard InChI is InChI=1S/C20H12Cl3N3O/c21-13-5-7-16(15(23)9-13)26-20(27)12-3-1-11(2-4-12)19-24-17-8-6-14(22)10-18(17)25-19/h1-10H,(H,24,25)(H,26,27). The fourth-order valence-electron chi connectivity index (χ4n) is 2.68. The fourth-order valence-corrected chi connectivity index (χ4v) is 3.31. The average molecular weight is 417 g/mol. The van der Waals surface area contributed by atoms with Gasteiger partial charge in [0.05, 0.1) is 21.7 Å². The molecule has 0 spiro atoms. The molecule has 0 saturated carbocycles. The maximum absolute atomic E-state index is 12.4. The number of carbonyl (C=O) groups is 1. The zero-order valence-electron chi connectivity index (χ0n) is 13.8. The Hall–Kier alpha value is -2.53. The van der Waals surface area contributed by atoms with Gasteiger partial charge in [-0.05, 0) is 48.5 Å². The number of aromatic nitrogens is 2. The number of nitrogens with zero attached hydrogens (tertiary/aromatic N) is 1. The highest BCUT2D eigenvalue weighted by molar-refractivity contribution is 6.36. The van der Waals surface area contributed by atoms with Gasteiger partial charge in [-0.25, -0.2) is 4.98 Å². The number of hydrogen-bond acceptors (Lipinski definition) is 2. The number of anilines is 1. The van der Waals surface area contributed by atoms with Crippen LogP contribution in [0.3, 0.4) is 0 Å². The molecule has 0 fully saturated rings. The normalized spacial score (nSPS) is 10.9. The second-order valence-electron chi connectivity index (χ2n) is 5.90. The molecule has 1 heterocycles. The van der Waals surface area contributed by atoms with Gasteiger partial charge >= 0.3 is 0 Å².